The Morgan fingerprint density at radius 1 is 0.632 bits per heavy atom. The van der Waals surface area contributed by atoms with Crippen molar-refractivity contribution in [2.75, 3.05) is 26.2 Å². The number of aliphatic carboxylic acids is 1. The number of hydrogen-bond donors (Lipinski definition) is 14. The van der Waals surface area contributed by atoms with Crippen molar-refractivity contribution < 1.29 is 48.3 Å². The summed E-state index contributed by atoms with van der Waals surface area (Å²) in [6, 6.07) is -0.892. The van der Waals surface area contributed by atoms with Crippen LogP contribution in [0.4, 0.5) is 0 Å². The van der Waals surface area contributed by atoms with Gasteiger partial charge in [-0.15, -0.1) is 0 Å². The van der Waals surface area contributed by atoms with Gasteiger partial charge in [-0.3, -0.25) is 38.4 Å². The molecule has 2 aliphatic heterocycles. The maximum Gasteiger partial charge on any atom is 0.326 e. The van der Waals surface area contributed by atoms with Crippen LogP contribution in [0.25, 0.3) is 0 Å². The van der Waals surface area contributed by atoms with Crippen LogP contribution in [0.3, 0.4) is 0 Å². The van der Waals surface area contributed by atoms with E-state index >= 15 is 0 Å². The molecule has 0 saturated carbocycles. The lowest BCUT2D eigenvalue weighted by molar-refractivity contribution is -0.142. The fourth-order valence-electron chi connectivity index (χ4n) is 10.9. The van der Waals surface area contributed by atoms with Crippen molar-refractivity contribution in [1.29, 1.82) is 0 Å². The molecular formula is C60H91N17O10. The molecule has 2 fully saturated rings. The molecule has 0 spiro atoms. The molecule has 8 amide bonds. The lowest BCUT2D eigenvalue weighted by atomic mass is 9.95. The second kappa shape index (κ2) is 34.3. The Kier molecular flexibility index (Phi) is 26.9. The number of amides is 8. The monoisotopic (exact) mass is 1210 g/mol. The summed E-state index contributed by atoms with van der Waals surface area (Å²) in [4.78, 5) is 149. The molecule has 15 N–H and O–H groups in total. The second-order valence-corrected chi connectivity index (χ2v) is 23.6. The normalized spacial score (nSPS) is 18.1. The van der Waals surface area contributed by atoms with E-state index in [1.807, 2.05) is 65.0 Å². The predicted octanol–water partition coefficient (Wildman–Crippen LogP) is 0.183. The summed E-state index contributed by atoms with van der Waals surface area (Å²) in [6.45, 7) is 12.6. The number of aromatic nitrogens is 6. The van der Waals surface area contributed by atoms with Crippen molar-refractivity contribution >= 4 is 53.2 Å². The van der Waals surface area contributed by atoms with E-state index in [9.17, 15) is 48.3 Å². The van der Waals surface area contributed by atoms with Gasteiger partial charge in [0.2, 0.25) is 47.3 Å². The van der Waals surface area contributed by atoms with Gasteiger partial charge in [0.25, 0.3) is 0 Å². The molecule has 476 valence electrons. The van der Waals surface area contributed by atoms with Gasteiger partial charge in [-0.05, 0) is 87.8 Å². The van der Waals surface area contributed by atoms with Crippen LogP contribution in [-0.2, 0) is 68.8 Å². The Labute approximate surface area is 508 Å². The molecule has 1 aromatic carbocycles. The van der Waals surface area contributed by atoms with Crippen molar-refractivity contribution in [3.63, 3.8) is 0 Å². The Hall–Kier alpha value is -8.04. The van der Waals surface area contributed by atoms with Crippen molar-refractivity contribution in [3.8, 4) is 0 Å². The van der Waals surface area contributed by atoms with Gasteiger partial charge in [-0.1, -0.05) is 78.3 Å². The van der Waals surface area contributed by atoms with E-state index in [1.165, 1.54) is 36.3 Å². The molecule has 2 saturated heterocycles. The molecular weight excluding hydrogens is 1120 g/mol. The van der Waals surface area contributed by atoms with Gasteiger partial charge in [-0.25, -0.2) is 19.7 Å². The highest BCUT2D eigenvalue weighted by Gasteiger charge is 2.41. The van der Waals surface area contributed by atoms with E-state index in [-0.39, 0.29) is 62.9 Å². The molecule has 3 aromatic heterocycles. The van der Waals surface area contributed by atoms with Gasteiger partial charge < -0.3 is 78.5 Å². The average Bonchev–Trinajstić information content (AvgIpc) is 3.05. The maximum absolute atomic E-state index is 14.8. The number of carbonyl (C=O) groups excluding carboxylic acids is 8. The molecule has 4 aromatic rings. The lowest BCUT2D eigenvalue weighted by Crippen LogP contribution is -2.61. The topological polar surface area (TPSA) is 397 Å². The van der Waals surface area contributed by atoms with Crippen LogP contribution in [0.1, 0.15) is 122 Å². The number of carbonyl (C=O) groups is 9. The number of likely N-dealkylation sites (tertiary alicyclic amines) is 1. The minimum atomic E-state index is -1.24. The van der Waals surface area contributed by atoms with Crippen LogP contribution in [0.2, 0.25) is 0 Å². The number of nitrogens with zero attached hydrogens (tertiary/aromatic N) is 4. The van der Waals surface area contributed by atoms with Gasteiger partial charge >= 0.3 is 5.97 Å². The zero-order chi connectivity index (χ0) is 63.0. The predicted molar refractivity (Wildman–Crippen MR) is 322 cm³/mol. The molecule has 0 unspecified atom stereocenters. The third-order valence-corrected chi connectivity index (χ3v) is 15.9. The summed E-state index contributed by atoms with van der Waals surface area (Å²) < 4.78 is 0. The molecule has 27 nitrogen and oxygen atoms in total. The van der Waals surface area contributed by atoms with Crippen molar-refractivity contribution in [1.82, 2.24) is 82.7 Å². The van der Waals surface area contributed by atoms with E-state index in [2.05, 4.69) is 77.8 Å². The van der Waals surface area contributed by atoms with E-state index in [0.29, 0.717) is 75.1 Å². The van der Waals surface area contributed by atoms with Crippen LogP contribution >= 0.6 is 0 Å². The molecule has 87 heavy (non-hydrogen) atoms. The first-order chi connectivity index (χ1) is 41.7. The zero-order valence-electron chi connectivity index (χ0n) is 50.9. The molecule has 6 rings (SSSR count). The van der Waals surface area contributed by atoms with Crippen LogP contribution in [0.15, 0.2) is 67.9 Å². The van der Waals surface area contributed by atoms with E-state index in [4.69, 9.17) is 5.73 Å². The van der Waals surface area contributed by atoms with Crippen LogP contribution in [0.5, 0.6) is 0 Å². The first-order valence-electron chi connectivity index (χ1n) is 30.5. The molecule has 0 radical (unpaired) electrons. The van der Waals surface area contributed by atoms with Crippen molar-refractivity contribution in [3.05, 3.63) is 90.5 Å². The molecule has 5 heterocycles. The van der Waals surface area contributed by atoms with E-state index in [1.54, 1.807) is 13.1 Å². The maximum atomic E-state index is 14.8. The minimum Gasteiger partial charge on any atom is -0.480 e. The van der Waals surface area contributed by atoms with E-state index < -0.39 is 114 Å². The number of unbranched alkanes of at least 4 members (excludes halogenated alkanes) is 1. The summed E-state index contributed by atoms with van der Waals surface area (Å²) in [6.07, 6.45) is 13.3. The number of carboxylic acid groups (broad SMARTS) is 1. The largest absolute Gasteiger partial charge is 0.480 e. The number of carboxylic acids is 1. The number of nitrogens with two attached hydrogens (primary N) is 1. The third-order valence-electron chi connectivity index (χ3n) is 15.9. The summed E-state index contributed by atoms with van der Waals surface area (Å²) in [7, 11) is 0. The minimum absolute atomic E-state index is 0.0223. The van der Waals surface area contributed by atoms with Gasteiger partial charge in [-0.2, -0.15) is 0 Å². The van der Waals surface area contributed by atoms with Crippen LogP contribution in [-0.4, -0.2) is 180 Å². The van der Waals surface area contributed by atoms with Crippen LogP contribution < -0.4 is 53.6 Å². The van der Waals surface area contributed by atoms with Gasteiger partial charge in [0.05, 0.1) is 31.1 Å². The number of imidazole rings is 3. The van der Waals surface area contributed by atoms with Crippen molar-refractivity contribution in [2.45, 2.75) is 185 Å². The lowest BCUT2D eigenvalue weighted by Gasteiger charge is -2.31. The number of benzene rings is 1. The Morgan fingerprint density at radius 3 is 1.71 bits per heavy atom. The molecule has 0 aliphatic carbocycles. The Bertz CT molecular complexity index is 2810. The fraction of sp³-hybridized carbons (Fsp3) is 0.600. The number of hydrogen-bond acceptors (Lipinski definition) is 15. The second-order valence-electron chi connectivity index (χ2n) is 23.6. The summed E-state index contributed by atoms with van der Waals surface area (Å²) in [5.41, 5.74) is 7.99. The summed E-state index contributed by atoms with van der Waals surface area (Å²) in [5.74, 6) is -6.41. The first-order valence-corrected chi connectivity index (χ1v) is 30.5. The first kappa shape index (κ1) is 68.1. The SMILES string of the molecule is CC[C@@H](C)[C@H](NC(=O)[C@@H](NC[C@H](CC(C)C)NC(=O)[C@H](Cc1cnc[nH]1)NC(=O)[C@H](Cc1ccccc1)NC(=O)[C@H]1CCCN1C(=O)[C@H](Cc1cnc[nH]1)NC(=O)[C@H]1CCCN1)C(C)C)C(=O)N[C@@H](Cc1cnc[nH]1)C(=O)N[C@H](CCCCN)C(=O)O. The third kappa shape index (κ3) is 21.1. The van der Waals surface area contributed by atoms with Gasteiger partial charge in [0.15, 0.2) is 0 Å². The average molecular weight is 1210 g/mol. The Balaban J connectivity index is 1.16. The van der Waals surface area contributed by atoms with Crippen LogP contribution in [0, 0.1) is 17.8 Å². The highest BCUT2D eigenvalue weighted by atomic mass is 16.4. The van der Waals surface area contributed by atoms with Crippen molar-refractivity contribution in [2.24, 2.45) is 23.5 Å². The molecule has 11 atom stereocenters. The molecule has 2 aliphatic rings. The quantitative estimate of drug-likeness (QED) is 0.0270. The summed E-state index contributed by atoms with van der Waals surface area (Å²) >= 11 is 0. The standard InChI is InChI=1S/C60H91N17O10/c1-7-37(6)51(58(84)74-47(26-40-29-63-33-68-40)55(81)71-44(60(86)87)17-11-12-20-61)76-57(83)50(36(4)5)66-31-42(23-35(2)3)70-53(79)46(25-39-28-62-32-67-39)72-54(80)45(24-38-15-9-8-10-16-38)73-56(82)49-19-14-22-77(49)59(85)48(27-41-30-64-34-69-41)75-52(78)43-18-13-21-65-43/h8-10,15-16,28-30,32-37,42-51,65-66H,7,11-14,17-27,31,61H2,1-6H3,(H,62,67)(H,63,68)(H,64,69)(H,70,79)(H,71,81)(H,72,80)(H,73,82)(H,74,84)(H,75,78)(H,76,83)(H,86,87)/t37-,42+,43-,44-,45+,46+,47+,48+,49-,50+,51+/m1/s1. The van der Waals surface area contributed by atoms with E-state index in [0.717, 1.165) is 12.0 Å². The summed E-state index contributed by atoms with van der Waals surface area (Å²) in [5, 5.41) is 36.6. The smallest absolute Gasteiger partial charge is 0.326 e. The number of rotatable bonds is 36. The molecule has 0 bridgehead atoms. The zero-order valence-corrected chi connectivity index (χ0v) is 50.9. The fourth-order valence-corrected chi connectivity index (χ4v) is 10.9. The van der Waals surface area contributed by atoms with Gasteiger partial charge in [0.1, 0.15) is 42.3 Å². The number of nitrogens with one attached hydrogen (secondary N) is 12. The van der Waals surface area contributed by atoms with Gasteiger partial charge in [0, 0.05) is 80.5 Å². The number of H-pyrrole nitrogens is 3. The number of aromatic amines is 3. The Morgan fingerprint density at radius 2 is 1.18 bits per heavy atom. The molecule has 27 heteroatoms. The highest BCUT2D eigenvalue weighted by molar-refractivity contribution is 5.97. The highest BCUT2D eigenvalue weighted by Crippen LogP contribution is 2.21.